The molecule has 0 amide bonds. The molecule has 0 aromatic rings. The SMILES string of the molecule is CCC(C)CCCCCCCCCCCCCCCCC(=O)O[C@H](COC(=O)CCCCCCCCCCCCCCCCCCCCC(C)C)COC(=O)CCCCCCCCCCCC(C)C. The van der Waals surface area contributed by atoms with E-state index in [0.717, 1.165) is 75.5 Å². The standard InChI is InChI=1S/C63H122O6/c1-7-59(6)51-45-39-33-27-21-17-14-15-19-23-29-36-42-48-54-63(66)69-60(56-68-62(65)53-47-41-35-30-24-26-32-38-44-50-58(4)5)55-67-61(64)52-46-40-34-28-22-18-13-11-9-8-10-12-16-20-25-31-37-43-49-57(2)3/h57-60H,7-56H2,1-6H3/t59?,60-/m1/s1. The van der Waals surface area contributed by atoms with E-state index in [0.29, 0.717) is 19.3 Å². The summed E-state index contributed by atoms with van der Waals surface area (Å²) < 4.78 is 16.9. The van der Waals surface area contributed by atoms with Crippen LogP contribution in [0.1, 0.15) is 350 Å². The summed E-state index contributed by atoms with van der Waals surface area (Å²) in [5.74, 6) is 1.72. The molecule has 0 saturated heterocycles. The quantitative estimate of drug-likeness (QED) is 0.0343. The second kappa shape index (κ2) is 54.2. The Labute approximate surface area is 431 Å². The molecule has 1 unspecified atom stereocenters. The Balaban J connectivity index is 4.25. The van der Waals surface area contributed by atoms with Crippen molar-refractivity contribution in [2.24, 2.45) is 17.8 Å². The first-order chi connectivity index (χ1) is 33.6. The van der Waals surface area contributed by atoms with Gasteiger partial charge in [-0.1, -0.05) is 311 Å². The van der Waals surface area contributed by atoms with Gasteiger partial charge in [0.15, 0.2) is 6.10 Å². The average Bonchev–Trinajstić information content (AvgIpc) is 3.32. The maximum atomic E-state index is 12.9. The van der Waals surface area contributed by atoms with Crippen LogP contribution in [0.25, 0.3) is 0 Å². The minimum Gasteiger partial charge on any atom is -0.462 e. The zero-order chi connectivity index (χ0) is 50.5. The van der Waals surface area contributed by atoms with Crippen molar-refractivity contribution in [1.82, 2.24) is 0 Å². The molecule has 0 N–H and O–H groups in total. The van der Waals surface area contributed by atoms with Gasteiger partial charge >= 0.3 is 17.9 Å². The van der Waals surface area contributed by atoms with Crippen LogP contribution in [-0.2, 0) is 28.6 Å². The van der Waals surface area contributed by atoms with Crippen LogP contribution in [0, 0.1) is 17.8 Å². The molecule has 6 heteroatoms. The molecule has 2 atom stereocenters. The van der Waals surface area contributed by atoms with Crippen LogP contribution in [0.15, 0.2) is 0 Å². The predicted molar refractivity (Wildman–Crippen MR) is 298 cm³/mol. The summed E-state index contributed by atoms with van der Waals surface area (Å²) in [4.78, 5) is 38.2. The molecule has 0 bridgehead atoms. The molecular formula is C63H122O6. The van der Waals surface area contributed by atoms with E-state index in [-0.39, 0.29) is 31.1 Å². The van der Waals surface area contributed by atoms with E-state index in [1.165, 1.54) is 231 Å². The lowest BCUT2D eigenvalue weighted by Crippen LogP contribution is -2.30. The Morgan fingerprint density at radius 3 is 0.754 bits per heavy atom. The van der Waals surface area contributed by atoms with Gasteiger partial charge in [0, 0.05) is 19.3 Å². The molecule has 0 aromatic carbocycles. The van der Waals surface area contributed by atoms with Gasteiger partial charge in [0.2, 0.25) is 0 Å². The Hall–Kier alpha value is -1.59. The highest BCUT2D eigenvalue weighted by molar-refractivity contribution is 5.71. The van der Waals surface area contributed by atoms with Gasteiger partial charge in [0.05, 0.1) is 0 Å². The van der Waals surface area contributed by atoms with Gasteiger partial charge in [0.25, 0.3) is 0 Å². The first kappa shape index (κ1) is 67.4. The Morgan fingerprint density at radius 1 is 0.290 bits per heavy atom. The van der Waals surface area contributed by atoms with Crippen molar-refractivity contribution in [3.05, 3.63) is 0 Å². The topological polar surface area (TPSA) is 78.9 Å². The molecule has 0 aliphatic heterocycles. The molecule has 0 spiro atoms. The van der Waals surface area contributed by atoms with Crippen LogP contribution in [0.5, 0.6) is 0 Å². The van der Waals surface area contributed by atoms with Crippen molar-refractivity contribution < 1.29 is 28.6 Å². The minimum atomic E-state index is -0.764. The van der Waals surface area contributed by atoms with Crippen molar-refractivity contribution in [3.63, 3.8) is 0 Å². The lowest BCUT2D eigenvalue weighted by molar-refractivity contribution is -0.167. The van der Waals surface area contributed by atoms with Crippen LogP contribution in [0.3, 0.4) is 0 Å². The number of rotatable bonds is 56. The first-order valence-corrected chi connectivity index (χ1v) is 31.1. The highest BCUT2D eigenvalue weighted by Gasteiger charge is 2.19. The Bertz CT molecular complexity index is 1070. The Kier molecular flexibility index (Phi) is 52.9. The van der Waals surface area contributed by atoms with E-state index < -0.39 is 6.10 Å². The summed E-state index contributed by atoms with van der Waals surface area (Å²) in [6, 6.07) is 0. The van der Waals surface area contributed by atoms with Gasteiger partial charge in [0.1, 0.15) is 13.2 Å². The third-order valence-corrected chi connectivity index (χ3v) is 14.8. The summed E-state index contributed by atoms with van der Waals surface area (Å²) in [6.07, 6.45) is 58.1. The number of ether oxygens (including phenoxy) is 3. The fourth-order valence-corrected chi connectivity index (χ4v) is 9.67. The lowest BCUT2D eigenvalue weighted by atomic mass is 9.99. The fraction of sp³-hybridized carbons (Fsp3) is 0.952. The van der Waals surface area contributed by atoms with Crippen molar-refractivity contribution in [3.8, 4) is 0 Å². The molecule has 0 aliphatic rings. The zero-order valence-corrected chi connectivity index (χ0v) is 47.6. The van der Waals surface area contributed by atoms with Gasteiger partial charge in [-0.25, -0.2) is 0 Å². The fourth-order valence-electron chi connectivity index (χ4n) is 9.67. The van der Waals surface area contributed by atoms with E-state index in [4.69, 9.17) is 14.2 Å². The second-order valence-electron chi connectivity index (χ2n) is 22.9. The molecule has 0 rings (SSSR count). The second-order valence-corrected chi connectivity index (χ2v) is 22.9. The third kappa shape index (κ3) is 55.6. The molecule has 69 heavy (non-hydrogen) atoms. The summed E-state index contributed by atoms with van der Waals surface area (Å²) in [7, 11) is 0. The summed E-state index contributed by atoms with van der Waals surface area (Å²) in [5.41, 5.74) is 0. The van der Waals surface area contributed by atoms with E-state index in [1.54, 1.807) is 0 Å². The maximum Gasteiger partial charge on any atom is 0.306 e. The molecule has 0 saturated carbocycles. The van der Waals surface area contributed by atoms with Crippen LogP contribution >= 0.6 is 0 Å². The van der Waals surface area contributed by atoms with Crippen molar-refractivity contribution in [2.75, 3.05) is 13.2 Å². The Morgan fingerprint density at radius 2 is 0.507 bits per heavy atom. The normalized spacial score (nSPS) is 12.5. The molecule has 6 nitrogen and oxygen atoms in total. The number of esters is 3. The zero-order valence-electron chi connectivity index (χ0n) is 47.6. The van der Waals surface area contributed by atoms with E-state index in [9.17, 15) is 14.4 Å². The number of carbonyl (C=O) groups is 3. The van der Waals surface area contributed by atoms with Gasteiger partial charge in [-0.2, -0.15) is 0 Å². The number of hydrogen-bond acceptors (Lipinski definition) is 6. The maximum absolute atomic E-state index is 12.9. The predicted octanol–water partition coefficient (Wildman–Crippen LogP) is 20.7. The van der Waals surface area contributed by atoms with Gasteiger partial charge in [-0.15, -0.1) is 0 Å². The minimum absolute atomic E-state index is 0.0631. The van der Waals surface area contributed by atoms with Crippen LogP contribution in [-0.4, -0.2) is 37.2 Å². The van der Waals surface area contributed by atoms with Crippen LogP contribution < -0.4 is 0 Å². The average molecular weight is 976 g/mol. The van der Waals surface area contributed by atoms with E-state index in [2.05, 4.69) is 41.5 Å². The number of carbonyl (C=O) groups excluding carboxylic acids is 3. The molecular weight excluding hydrogens is 853 g/mol. The molecule has 0 radical (unpaired) electrons. The highest BCUT2D eigenvalue weighted by Crippen LogP contribution is 2.19. The first-order valence-electron chi connectivity index (χ1n) is 31.1. The lowest BCUT2D eigenvalue weighted by Gasteiger charge is -2.18. The van der Waals surface area contributed by atoms with Gasteiger partial charge in [-0.05, 0) is 37.0 Å². The molecule has 410 valence electrons. The monoisotopic (exact) mass is 975 g/mol. The molecule has 0 aliphatic carbocycles. The van der Waals surface area contributed by atoms with Gasteiger partial charge < -0.3 is 14.2 Å². The molecule has 0 aromatic heterocycles. The van der Waals surface area contributed by atoms with Crippen LogP contribution in [0.4, 0.5) is 0 Å². The summed E-state index contributed by atoms with van der Waals surface area (Å²) >= 11 is 0. The molecule has 0 fully saturated rings. The molecule has 0 heterocycles. The van der Waals surface area contributed by atoms with Crippen LogP contribution in [0.2, 0.25) is 0 Å². The van der Waals surface area contributed by atoms with Crippen molar-refractivity contribution >= 4 is 17.9 Å². The summed E-state index contributed by atoms with van der Waals surface area (Å²) in [5, 5.41) is 0. The van der Waals surface area contributed by atoms with E-state index >= 15 is 0 Å². The highest BCUT2D eigenvalue weighted by atomic mass is 16.6. The van der Waals surface area contributed by atoms with Crippen molar-refractivity contribution in [2.45, 2.75) is 356 Å². The third-order valence-electron chi connectivity index (χ3n) is 14.8. The smallest absolute Gasteiger partial charge is 0.306 e. The largest absolute Gasteiger partial charge is 0.462 e. The number of hydrogen-bond donors (Lipinski definition) is 0. The summed E-state index contributed by atoms with van der Waals surface area (Å²) in [6.45, 7) is 13.8. The van der Waals surface area contributed by atoms with Crippen molar-refractivity contribution in [1.29, 1.82) is 0 Å². The van der Waals surface area contributed by atoms with E-state index in [1.807, 2.05) is 0 Å². The van der Waals surface area contributed by atoms with Gasteiger partial charge in [-0.3, -0.25) is 14.4 Å². The number of unbranched alkanes of at least 4 members (excludes halogenated alkanes) is 38.